The smallest absolute Gasteiger partial charge is 0.370 e. The third-order valence-electron chi connectivity index (χ3n) is 1.99. The SMILES string of the molecule is Cl.N=C(N)NC(=O)NCc1cc(F)cc(C(F)(F)F)c1. The van der Waals surface area contributed by atoms with Crippen molar-refractivity contribution in [2.75, 3.05) is 0 Å². The molecule has 20 heavy (non-hydrogen) atoms. The molecule has 0 bridgehead atoms. The topological polar surface area (TPSA) is 91.0 Å². The molecule has 0 unspecified atom stereocenters. The van der Waals surface area contributed by atoms with Crippen molar-refractivity contribution in [2.45, 2.75) is 12.7 Å². The lowest BCUT2D eigenvalue weighted by Gasteiger charge is -2.10. The van der Waals surface area contributed by atoms with Crippen molar-refractivity contribution in [1.82, 2.24) is 10.6 Å². The number of hydrogen-bond donors (Lipinski definition) is 4. The molecule has 0 saturated carbocycles. The van der Waals surface area contributed by atoms with E-state index in [2.05, 4.69) is 5.32 Å². The van der Waals surface area contributed by atoms with Crippen molar-refractivity contribution < 1.29 is 22.4 Å². The molecule has 0 radical (unpaired) electrons. The quantitative estimate of drug-likeness (QED) is 0.382. The summed E-state index contributed by atoms with van der Waals surface area (Å²) < 4.78 is 50.2. The number of hydrogen-bond acceptors (Lipinski definition) is 2. The molecule has 0 spiro atoms. The van der Waals surface area contributed by atoms with Crippen LogP contribution in [-0.2, 0) is 12.7 Å². The first kappa shape index (κ1) is 18.0. The second-order valence-corrected chi connectivity index (χ2v) is 3.57. The number of carbonyl (C=O) groups is 1. The van der Waals surface area contributed by atoms with Gasteiger partial charge in [-0.15, -0.1) is 12.4 Å². The Morgan fingerprint density at radius 3 is 2.40 bits per heavy atom. The fraction of sp³-hybridized carbons (Fsp3) is 0.200. The normalized spacial score (nSPS) is 10.4. The number of nitrogens with one attached hydrogen (secondary N) is 3. The highest BCUT2D eigenvalue weighted by molar-refractivity contribution is 5.93. The van der Waals surface area contributed by atoms with Crippen LogP contribution in [0.4, 0.5) is 22.4 Å². The molecule has 0 aliphatic carbocycles. The van der Waals surface area contributed by atoms with Crippen molar-refractivity contribution >= 4 is 24.4 Å². The van der Waals surface area contributed by atoms with E-state index in [9.17, 15) is 22.4 Å². The van der Waals surface area contributed by atoms with Crippen molar-refractivity contribution in [1.29, 1.82) is 5.41 Å². The Labute approximate surface area is 117 Å². The molecule has 0 aliphatic heterocycles. The summed E-state index contributed by atoms with van der Waals surface area (Å²) in [6.07, 6.45) is -4.67. The van der Waals surface area contributed by atoms with Crippen molar-refractivity contribution in [3.8, 4) is 0 Å². The van der Waals surface area contributed by atoms with Crippen molar-refractivity contribution in [3.05, 3.63) is 35.1 Å². The molecule has 0 heterocycles. The highest BCUT2D eigenvalue weighted by Crippen LogP contribution is 2.30. The molecular formula is C10H11ClF4N4O. The van der Waals surface area contributed by atoms with Gasteiger partial charge in [0.05, 0.1) is 5.56 Å². The lowest BCUT2D eigenvalue weighted by Crippen LogP contribution is -2.42. The van der Waals surface area contributed by atoms with Crippen molar-refractivity contribution in [2.24, 2.45) is 5.73 Å². The first-order valence-corrected chi connectivity index (χ1v) is 4.94. The second-order valence-electron chi connectivity index (χ2n) is 3.57. The van der Waals surface area contributed by atoms with E-state index in [0.717, 1.165) is 12.1 Å². The van der Waals surface area contributed by atoms with Gasteiger partial charge in [0.2, 0.25) is 0 Å². The Morgan fingerprint density at radius 2 is 1.90 bits per heavy atom. The lowest BCUT2D eigenvalue weighted by atomic mass is 10.1. The maximum absolute atomic E-state index is 13.0. The van der Waals surface area contributed by atoms with Gasteiger partial charge >= 0.3 is 12.2 Å². The van der Waals surface area contributed by atoms with E-state index >= 15 is 0 Å². The molecule has 5 N–H and O–H groups in total. The largest absolute Gasteiger partial charge is 0.416 e. The standard InChI is InChI=1S/C10H10F4N4O.ClH/c11-7-2-5(1-6(3-7)10(12,13)14)4-17-9(19)18-8(15)16;/h1-3H,4H2,(H5,15,16,17,18,19);1H. The van der Waals surface area contributed by atoms with E-state index in [1.807, 2.05) is 5.32 Å². The molecule has 5 nitrogen and oxygen atoms in total. The fourth-order valence-electron chi connectivity index (χ4n) is 1.26. The van der Waals surface area contributed by atoms with Crippen LogP contribution in [0.15, 0.2) is 18.2 Å². The van der Waals surface area contributed by atoms with Gasteiger partial charge in [-0.1, -0.05) is 0 Å². The van der Waals surface area contributed by atoms with Crippen LogP contribution in [0.25, 0.3) is 0 Å². The average molecular weight is 315 g/mol. The minimum atomic E-state index is -4.67. The zero-order chi connectivity index (χ0) is 14.6. The summed E-state index contributed by atoms with van der Waals surface area (Å²) in [5.74, 6) is -1.67. The molecule has 1 aromatic carbocycles. The van der Waals surface area contributed by atoms with Gasteiger partial charge in [0.15, 0.2) is 5.96 Å². The molecule has 1 aromatic rings. The van der Waals surface area contributed by atoms with Gasteiger partial charge < -0.3 is 11.1 Å². The summed E-state index contributed by atoms with van der Waals surface area (Å²) in [6.45, 7) is -0.333. The van der Waals surface area contributed by atoms with Crippen LogP contribution in [0, 0.1) is 11.2 Å². The molecular weight excluding hydrogens is 304 g/mol. The Hall–Kier alpha value is -2.03. The van der Waals surface area contributed by atoms with Crippen LogP contribution < -0.4 is 16.4 Å². The highest BCUT2D eigenvalue weighted by Gasteiger charge is 2.31. The number of carbonyl (C=O) groups excluding carboxylic acids is 1. The van der Waals surface area contributed by atoms with Gasteiger partial charge in [0.1, 0.15) is 5.82 Å². The number of benzene rings is 1. The third-order valence-corrected chi connectivity index (χ3v) is 1.99. The predicted molar refractivity (Wildman–Crippen MR) is 65.9 cm³/mol. The summed E-state index contributed by atoms with van der Waals surface area (Å²) in [6, 6.07) is 1.07. The van der Waals surface area contributed by atoms with Crippen molar-refractivity contribution in [3.63, 3.8) is 0 Å². The van der Waals surface area contributed by atoms with Crippen LogP contribution in [0.1, 0.15) is 11.1 Å². The molecule has 0 atom stereocenters. The number of guanidine groups is 1. The van der Waals surface area contributed by atoms with E-state index in [-0.39, 0.29) is 24.5 Å². The van der Waals surface area contributed by atoms with Gasteiger partial charge in [0.25, 0.3) is 0 Å². The van der Waals surface area contributed by atoms with Gasteiger partial charge in [-0.2, -0.15) is 13.2 Å². The highest BCUT2D eigenvalue weighted by atomic mass is 35.5. The predicted octanol–water partition coefficient (Wildman–Crippen LogP) is 1.96. The number of amides is 2. The first-order chi connectivity index (χ1) is 8.68. The molecule has 0 aliphatic rings. The second kappa shape index (κ2) is 6.94. The lowest BCUT2D eigenvalue weighted by molar-refractivity contribution is -0.137. The van der Waals surface area contributed by atoms with Gasteiger partial charge in [-0.25, -0.2) is 9.18 Å². The van der Waals surface area contributed by atoms with Gasteiger partial charge in [-0.05, 0) is 23.8 Å². The summed E-state index contributed by atoms with van der Waals surface area (Å²) in [7, 11) is 0. The summed E-state index contributed by atoms with van der Waals surface area (Å²) in [4.78, 5) is 11.0. The van der Waals surface area contributed by atoms with Crippen LogP contribution >= 0.6 is 12.4 Å². The molecule has 0 saturated heterocycles. The summed E-state index contributed by atoms with van der Waals surface area (Å²) >= 11 is 0. The van der Waals surface area contributed by atoms with Crippen LogP contribution in [0.5, 0.6) is 0 Å². The molecule has 10 heteroatoms. The third kappa shape index (κ3) is 5.74. The molecule has 1 rings (SSSR count). The number of nitrogens with two attached hydrogens (primary N) is 1. The maximum Gasteiger partial charge on any atom is 0.416 e. The monoisotopic (exact) mass is 314 g/mol. The van der Waals surface area contributed by atoms with Crippen LogP contribution in [0.2, 0.25) is 0 Å². The van der Waals surface area contributed by atoms with E-state index < -0.39 is 29.5 Å². The number of halogens is 5. The van der Waals surface area contributed by atoms with E-state index in [1.54, 1.807) is 0 Å². The Balaban J connectivity index is 0.00000361. The van der Waals surface area contributed by atoms with Crippen LogP contribution in [-0.4, -0.2) is 12.0 Å². The fourth-order valence-corrected chi connectivity index (χ4v) is 1.26. The van der Waals surface area contributed by atoms with E-state index in [1.165, 1.54) is 0 Å². The number of rotatable bonds is 2. The number of alkyl halides is 3. The van der Waals surface area contributed by atoms with Crippen LogP contribution in [0.3, 0.4) is 0 Å². The average Bonchev–Trinajstić information content (AvgIpc) is 2.23. The Kier molecular flexibility index (Phi) is 6.24. The zero-order valence-electron chi connectivity index (χ0n) is 9.84. The minimum Gasteiger partial charge on any atom is -0.370 e. The number of urea groups is 1. The zero-order valence-corrected chi connectivity index (χ0v) is 10.7. The molecule has 2 amide bonds. The summed E-state index contributed by atoms with van der Waals surface area (Å²) in [5.41, 5.74) is 3.66. The Morgan fingerprint density at radius 1 is 1.30 bits per heavy atom. The van der Waals surface area contributed by atoms with E-state index in [0.29, 0.717) is 6.07 Å². The van der Waals surface area contributed by atoms with Gasteiger partial charge in [0, 0.05) is 6.54 Å². The minimum absolute atomic E-state index is 0. The molecule has 0 aromatic heterocycles. The molecule has 0 fully saturated rings. The molecule has 112 valence electrons. The van der Waals surface area contributed by atoms with Gasteiger partial charge in [-0.3, -0.25) is 10.7 Å². The first-order valence-electron chi connectivity index (χ1n) is 4.94. The van der Waals surface area contributed by atoms with E-state index in [4.69, 9.17) is 11.1 Å². The Bertz CT molecular complexity index is 507. The maximum atomic E-state index is 13.0. The summed E-state index contributed by atoms with van der Waals surface area (Å²) in [5, 5.41) is 10.8.